The Bertz CT molecular complexity index is 571. The first-order chi connectivity index (χ1) is 9.99. The van der Waals surface area contributed by atoms with Crippen LogP contribution in [-0.4, -0.2) is 37.3 Å². The molecule has 1 aliphatic carbocycles. The van der Waals surface area contributed by atoms with E-state index in [1.807, 2.05) is 0 Å². The Balaban J connectivity index is 1.86. The van der Waals surface area contributed by atoms with E-state index in [0.29, 0.717) is 6.42 Å². The minimum absolute atomic E-state index is 0.0829. The summed E-state index contributed by atoms with van der Waals surface area (Å²) in [6, 6.07) is 7.87. The standard InChI is InChI=1S/C15H21NO4S/c17-14-9-5-4-8-13(14)16-15(18)10-11-21(19,20)12-6-2-1-3-7-12/h1-3,6-7,13-14,17H,4-5,8-11H2,(H,16,18). The molecule has 0 spiro atoms. The summed E-state index contributed by atoms with van der Waals surface area (Å²) in [5.74, 6) is -0.536. The Morgan fingerprint density at radius 3 is 2.52 bits per heavy atom. The maximum atomic E-state index is 12.1. The second kappa shape index (κ2) is 7.04. The molecule has 2 unspecified atom stereocenters. The third kappa shape index (κ3) is 4.54. The molecule has 0 radical (unpaired) electrons. The molecule has 1 saturated carbocycles. The lowest BCUT2D eigenvalue weighted by Gasteiger charge is -2.28. The molecule has 0 aliphatic heterocycles. The zero-order valence-electron chi connectivity index (χ0n) is 11.9. The number of amides is 1. The van der Waals surface area contributed by atoms with Crippen molar-refractivity contribution in [2.45, 2.75) is 49.1 Å². The van der Waals surface area contributed by atoms with Gasteiger partial charge in [-0.15, -0.1) is 0 Å². The van der Waals surface area contributed by atoms with Crippen LogP contribution in [0.15, 0.2) is 35.2 Å². The van der Waals surface area contributed by atoms with Crippen molar-refractivity contribution >= 4 is 15.7 Å². The van der Waals surface area contributed by atoms with Crippen molar-refractivity contribution < 1.29 is 18.3 Å². The van der Waals surface area contributed by atoms with E-state index in [1.165, 1.54) is 12.1 Å². The van der Waals surface area contributed by atoms with Crippen LogP contribution in [0.4, 0.5) is 0 Å². The Morgan fingerprint density at radius 2 is 1.86 bits per heavy atom. The molecule has 2 N–H and O–H groups in total. The average Bonchev–Trinajstić information content (AvgIpc) is 2.49. The first kappa shape index (κ1) is 16.0. The number of rotatable bonds is 5. The van der Waals surface area contributed by atoms with E-state index in [9.17, 15) is 18.3 Å². The summed E-state index contributed by atoms with van der Waals surface area (Å²) in [5.41, 5.74) is 0. The van der Waals surface area contributed by atoms with Crippen molar-refractivity contribution in [1.82, 2.24) is 5.32 Å². The van der Waals surface area contributed by atoms with Crippen molar-refractivity contribution in [3.63, 3.8) is 0 Å². The Hall–Kier alpha value is -1.40. The van der Waals surface area contributed by atoms with Crippen LogP contribution < -0.4 is 5.32 Å². The van der Waals surface area contributed by atoms with Crippen molar-refractivity contribution in [2.24, 2.45) is 0 Å². The van der Waals surface area contributed by atoms with E-state index >= 15 is 0 Å². The summed E-state index contributed by atoms with van der Waals surface area (Å²) in [7, 11) is -3.43. The van der Waals surface area contributed by atoms with Gasteiger partial charge < -0.3 is 10.4 Å². The van der Waals surface area contributed by atoms with Crippen LogP contribution in [0.25, 0.3) is 0 Å². The number of aliphatic hydroxyl groups is 1. The van der Waals surface area contributed by atoms with Gasteiger partial charge in [0.25, 0.3) is 0 Å². The van der Waals surface area contributed by atoms with Crippen molar-refractivity contribution in [3.8, 4) is 0 Å². The fourth-order valence-electron chi connectivity index (χ4n) is 2.53. The van der Waals surface area contributed by atoms with Crippen molar-refractivity contribution in [3.05, 3.63) is 30.3 Å². The van der Waals surface area contributed by atoms with Gasteiger partial charge in [0.05, 0.1) is 22.8 Å². The largest absolute Gasteiger partial charge is 0.391 e. The third-order valence-electron chi connectivity index (χ3n) is 3.78. The highest BCUT2D eigenvalue weighted by atomic mass is 32.2. The van der Waals surface area contributed by atoms with Gasteiger partial charge in [-0.1, -0.05) is 31.0 Å². The summed E-state index contributed by atoms with van der Waals surface area (Å²) < 4.78 is 24.1. The van der Waals surface area contributed by atoms with Gasteiger partial charge in [-0.25, -0.2) is 8.42 Å². The maximum Gasteiger partial charge on any atom is 0.221 e. The first-order valence-electron chi connectivity index (χ1n) is 7.24. The lowest BCUT2D eigenvalue weighted by molar-refractivity contribution is -0.122. The second-order valence-electron chi connectivity index (χ2n) is 5.41. The van der Waals surface area contributed by atoms with Crippen LogP contribution in [-0.2, 0) is 14.6 Å². The van der Waals surface area contributed by atoms with E-state index in [1.54, 1.807) is 18.2 Å². The SMILES string of the molecule is O=C(CCS(=O)(=O)c1ccccc1)NC1CCCCC1O. The minimum atomic E-state index is -3.43. The van der Waals surface area contributed by atoms with Gasteiger partial charge >= 0.3 is 0 Å². The van der Waals surface area contributed by atoms with Crippen LogP contribution >= 0.6 is 0 Å². The molecule has 1 aliphatic rings. The number of benzene rings is 1. The predicted molar refractivity (Wildman–Crippen MR) is 79.5 cm³/mol. The van der Waals surface area contributed by atoms with Crippen LogP contribution in [0.2, 0.25) is 0 Å². The summed E-state index contributed by atoms with van der Waals surface area (Å²) in [6.45, 7) is 0. The van der Waals surface area contributed by atoms with Gasteiger partial charge in [0, 0.05) is 6.42 Å². The molecule has 0 aromatic heterocycles. The fourth-order valence-corrected chi connectivity index (χ4v) is 3.79. The number of aliphatic hydroxyl groups excluding tert-OH is 1. The number of nitrogens with one attached hydrogen (secondary N) is 1. The number of hydrogen-bond acceptors (Lipinski definition) is 4. The molecule has 1 aromatic carbocycles. The van der Waals surface area contributed by atoms with Crippen LogP contribution in [0, 0.1) is 0 Å². The highest BCUT2D eigenvalue weighted by Crippen LogP contribution is 2.18. The van der Waals surface area contributed by atoms with Gasteiger partial charge in [0.1, 0.15) is 0 Å². The monoisotopic (exact) mass is 311 g/mol. The van der Waals surface area contributed by atoms with E-state index in [2.05, 4.69) is 5.32 Å². The molecule has 5 nitrogen and oxygen atoms in total. The molecule has 1 fully saturated rings. The predicted octanol–water partition coefficient (Wildman–Crippen LogP) is 1.27. The molecule has 0 saturated heterocycles. The quantitative estimate of drug-likeness (QED) is 0.858. The molecule has 2 rings (SSSR count). The molecule has 1 amide bonds. The number of carbonyl (C=O) groups excluding carboxylic acids is 1. The number of carbonyl (C=O) groups is 1. The average molecular weight is 311 g/mol. The van der Waals surface area contributed by atoms with E-state index in [-0.39, 0.29) is 29.0 Å². The van der Waals surface area contributed by atoms with E-state index in [4.69, 9.17) is 0 Å². The molecule has 0 heterocycles. The Morgan fingerprint density at radius 1 is 1.19 bits per heavy atom. The summed E-state index contributed by atoms with van der Waals surface area (Å²) in [4.78, 5) is 12.1. The van der Waals surface area contributed by atoms with Crippen molar-refractivity contribution in [1.29, 1.82) is 0 Å². The molecular weight excluding hydrogens is 290 g/mol. The van der Waals surface area contributed by atoms with Gasteiger partial charge in [0.2, 0.25) is 5.91 Å². The summed E-state index contributed by atoms with van der Waals surface area (Å²) >= 11 is 0. The molecule has 116 valence electrons. The zero-order valence-corrected chi connectivity index (χ0v) is 12.7. The molecular formula is C15H21NO4S. The van der Waals surface area contributed by atoms with E-state index in [0.717, 1.165) is 19.3 Å². The topological polar surface area (TPSA) is 83.5 Å². The summed E-state index contributed by atoms with van der Waals surface area (Å²) in [6.07, 6.45) is 2.78. The number of sulfone groups is 1. The highest BCUT2D eigenvalue weighted by Gasteiger charge is 2.25. The van der Waals surface area contributed by atoms with Gasteiger partial charge in [-0.3, -0.25) is 4.79 Å². The normalized spacial score (nSPS) is 22.7. The Labute approximate surface area is 125 Å². The van der Waals surface area contributed by atoms with Crippen LogP contribution in [0.5, 0.6) is 0 Å². The third-order valence-corrected chi connectivity index (χ3v) is 5.51. The molecule has 0 bridgehead atoms. The number of hydrogen-bond donors (Lipinski definition) is 2. The molecule has 21 heavy (non-hydrogen) atoms. The first-order valence-corrected chi connectivity index (χ1v) is 8.89. The highest BCUT2D eigenvalue weighted by molar-refractivity contribution is 7.91. The molecule has 2 atom stereocenters. The lowest BCUT2D eigenvalue weighted by Crippen LogP contribution is -2.45. The van der Waals surface area contributed by atoms with Gasteiger partial charge in [-0.2, -0.15) is 0 Å². The smallest absolute Gasteiger partial charge is 0.221 e. The van der Waals surface area contributed by atoms with Crippen LogP contribution in [0.3, 0.4) is 0 Å². The van der Waals surface area contributed by atoms with Crippen LogP contribution in [0.1, 0.15) is 32.1 Å². The fraction of sp³-hybridized carbons (Fsp3) is 0.533. The maximum absolute atomic E-state index is 12.1. The summed E-state index contributed by atoms with van der Waals surface area (Å²) in [5, 5.41) is 12.5. The van der Waals surface area contributed by atoms with E-state index < -0.39 is 15.9 Å². The minimum Gasteiger partial charge on any atom is -0.391 e. The Kier molecular flexibility index (Phi) is 5.36. The van der Waals surface area contributed by atoms with Crippen molar-refractivity contribution in [2.75, 3.05) is 5.75 Å². The zero-order chi connectivity index (χ0) is 15.3. The van der Waals surface area contributed by atoms with Gasteiger partial charge in [0.15, 0.2) is 9.84 Å². The molecule has 1 aromatic rings. The lowest BCUT2D eigenvalue weighted by atomic mass is 9.92. The van der Waals surface area contributed by atoms with Gasteiger partial charge in [-0.05, 0) is 25.0 Å². The second-order valence-corrected chi connectivity index (χ2v) is 7.52. The molecule has 6 heteroatoms.